The number of urea groups is 1. The van der Waals surface area contributed by atoms with Crippen LogP contribution in [0.2, 0.25) is 0 Å². The zero-order chi connectivity index (χ0) is 20.3. The minimum absolute atomic E-state index is 0.0115. The van der Waals surface area contributed by atoms with Gasteiger partial charge in [-0.1, -0.05) is 43.2 Å². The molecule has 158 valence electrons. The van der Waals surface area contributed by atoms with Crippen LogP contribution < -0.4 is 5.32 Å². The molecule has 1 saturated carbocycles. The van der Waals surface area contributed by atoms with Crippen LogP contribution in [0.5, 0.6) is 0 Å². The molecule has 0 radical (unpaired) electrons. The second kappa shape index (κ2) is 8.84. The van der Waals surface area contributed by atoms with E-state index in [1.807, 2.05) is 0 Å². The number of nitrogens with one attached hydrogen (secondary N) is 1. The first-order chi connectivity index (χ1) is 14.1. The van der Waals surface area contributed by atoms with Crippen molar-refractivity contribution in [3.63, 3.8) is 0 Å². The number of likely N-dealkylation sites (tertiary alicyclic amines) is 1. The quantitative estimate of drug-likeness (QED) is 0.718. The number of rotatable bonds is 7. The summed E-state index contributed by atoms with van der Waals surface area (Å²) in [7, 11) is 2.20. The number of carbonyl (C=O) groups excluding carboxylic acids is 2. The van der Waals surface area contributed by atoms with E-state index >= 15 is 0 Å². The molecule has 1 N–H and O–H groups in total. The van der Waals surface area contributed by atoms with Gasteiger partial charge in [0.25, 0.3) is 5.91 Å². The number of piperidine rings is 1. The molecule has 1 spiro atoms. The van der Waals surface area contributed by atoms with Crippen molar-refractivity contribution in [2.75, 3.05) is 39.8 Å². The lowest BCUT2D eigenvalue weighted by atomic mass is 9.96. The van der Waals surface area contributed by atoms with E-state index < -0.39 is 5.54 Å². The first-order valence-electron chi connectivity index (χ1n) is 11.1. The van der Waals surface area contributed by atoms with Crippen molar-refractivity contribution < 1.29 is 9.59 Å². The fourth-order valence-corrected chi connectivity index (χ4v) is 5.23. The van der Waals surface area contributed by atoms with Gasteiger partial charge in [-0.05, 0) is 57.3 Å². The molecule has 4 rings (SSSR count). The van der Waals surface area contributed by atoms with E-state index in [0.29, 0.717) is 6.54 Å². The molecule has 2 saturated heterocycles. The minimum atomic E-state index is -0.576. The van der Waals surface area contributed by atoms with Crippen LogP contribution >= 0.6 is 0 Å². The maximum atomic E-state index is 12.8. The van der Waals surface area contributed by atoms with Gasteiger partial charge in [0, 0.05) is 26.2 Å². The standard InChI is InChI=1S/C23H34N4O2/c1-25(17-19-7-3-2-4-8-19)18-20-9-13-26(14-10-20)15-16-27-21(28)23(24-22(27)29)11-5-6-12-23/h2-4,7-8,20H,5-6,9-18H2,1H3,(H,24,29). The Kier molecular flexibility index (Phi) is 6.20. The lowest BCUT2D eigenvalue weighted by molar-refractivity contribution is -0.131. The van der Waals surface area contributed by atoms with Gasteiger partial charge in [-0.15, -0.1) is 0 Å². The second-order valence-electron chi connectivity index (χ2n) is 9.14. The average Bonchev–Trinajstić information content (AvgIpc) is 3.27. The van der Waals surface area contributed by atoms with Gasteiger partial charge in [-0.3, -0.25) is 9.69 Å². The van der Waals surface area contributed by atoms with Crippen molar-refractivity contribution in [2.24, 2.45) is 5.92 Å². The van der Waals surface area contributed by atoms with Gasteiger partial charge in [-0.2, -0.15) is 0 Å². The largest absolute Gasteiger partial charge is 0.325 e. The molecule has 2 heterocycles. The van der Waals surface area contributed by atoms with Crippen molar-refractivity contribution in [3.8, 4) is 0 Å². The van der Waals surface area contributed by atoms with E-state index in [0.717, 1.165) is 64.3 Å². The highest BCUT2D eigenvalue weighted by atomic mass is 16.2. The summed E-state index contributed by atoms with van der Waals surface area (Å²) in [5, 5.41) is 2.98. The number of carbonyl (C=O) groups is 2. The molecule has 29 heavy (non-hydrogen) atoms. The average molecular weight is 399 g/mol. The maximum absolute atomic E-state index is 12.8. The molecule has 6 heteroatoms. The molecule has 0 aromatic heterocycles. The predicted molar refractivity (Wildman–Crippen MR) is 113 cm³/mol. The fourth-order valence-electron chi connectivity index (χ4n) is 5.23. The number of hydrogen-bond acceptors (Lipinski definition) is 4. The molecule has 2 aliphatic heterocycles. The zero-order valence-corrected chi connectivity index (χ0v) is 17.6. The molecule has 1 aliphatic carbocycles. The molecule has 3 aliphatic rings. The van der Waals surface area contributed by atoms with Gasteiger partial charge in [0.2, 0.25) is 0 Å². The molecule has 1 aromatic carbocycles. The second-order valence-corrected chi connectivity index (χ2v) is 9.14. The molecule has 0 unspecified atom stereocenters. The number of hydrogen-bond donors (Lipinski definition) is 1. The topological polar surface area (TPSA) is 55.9 Å². The molecule has 3 fully saturated rings. The molecule has 0 atom stereocenters. The smallest absolute Gasteiger partial charge is 0.323 e. The van der Waals surface area contributed by atoms with Crippen LogP contribution in [0, 0.1) is 5.92 Å². The summed E-state index contributed by atoms with van der Waals surface area (Å²) in [5.74, 6) is 0.732. The van der Waals surface area contributed by atoms with E-state index in [9.17, 15) is 9.59 Å². The Morgan fingerprint density at radius 1 is 1.07 bits per heavy atom. The zero-order valence-electron chi connectivity index (χ0n) is 17.6. The Labute approximate surface area is 174 Å². The first kappa shape index (κ1) is 20.4. The maximum Gasteiger partial charge on any atom is 0.325 e. The molecular weight excluding hydrogens is 364 g/mol. The molecular formula is C23H34N4O2. The van der Waals surface area contributed by atoms with Crippen LogP contribution in [0.3, 0.4) is 0 Å². The van der Waals surface area contributed by atoms with Gasteiger partial charge in [0.15, 0.2) is 0 Å². The van der Waals surface area contributed by atoms with Gasteiger partial charge < -0.3 is 15.1 Å². The van der Waals surface area contributed by atoms with Gasteiger partial charge in [0.05, 0.1) is 0 Å². The third-order valence-electron chi connectivity index (χ3n) is 6.92. The van der Waals surface area contributed by atoms with E-state index in [-0.39, 0.29) is 11.9 Å². The highest BCUT2D eigenvalue weighted by Gasteiger charge is 2.52. The number of amides is 3. The normalized spacial score (nSPS) is 22.8. The van der Waals surface area contributed by atoms with Gasteiger partial charge in [-0.25, -0.2) is 4.79 Å². The van der Waals surface area contributed by atoms with Crippen molar-refractivity contribution in [3.05, 3.63) is 35.9 Å². The third kappa shape index (κ3) is 4.64. The lowest BCUT2D eigenvalue weighted by Gasteiger charge is -2.34. The fraction of sp³-hybridized carbons (Fsp3) is 0.652. The summed E-state index contributed by atoms with van der Waals surface area (Å²) < 4.78 is 0. The SMILES string of the molecule is CN(Cc1ccccc1)CC1CCN(CCN2C(=O)NC3(CCCC3)C2=O)CC1. The molecule has 0 bridgehead atoms. The van der Waals surface area contributed by atoms with E-state index in [2.05, 4.69) is 52.5 Å². The summed E-state index contributed by atoms with van der Waals surface area (Å²) in [6.07, 6.45) is 6.04. The lowest BCUT2D eigenvalue weighted by Crippen LogP contribution is -2.45. The molecule has 6 nitrogen and oxygen atoms in total. The number of benzene rings is 1. The first-order valence-corrected chi connectivity index (χ1v) is 11.1. The van der Waals surface area contributed by atoms with Gasteiger partial charge in [0.1, 0.15) is 5.54 Å². The van der Waals surface area contributed by atoms with E-state index in [1.54, 1.807) is 0 Å². The minimum Gasteiger partial charge on any atom is -0.323 e. The Morgan fingerprint density at radius 3 is 2.45 bits per heavy atom. The van der Waals surface area contributed by atoms with Crippen molar-refractivity contribution in [1.82, 2.24) is 20.0 Å². The van der Waals surface area contributed by atoms with Crippen molar-refractivity contribution in [2.45, 2.75) is 50.6 Å². The summed E-state index contributed by atoms with van der Waals surface area (Å²) >= 11 is 0. The van der Waals surface area contributed by atoms with E-state index in [4.69, 9.17) is 0 Å². The van der Waals surface area contributed by atoms with Crippen LogP contribution in [0.1, 0.15) is 44.1 Å². The molecule has 3 amide bonds. The number of nitrogens with zero attached hydrogens (tertiary/aromatic N) is 3. The summed E-state index contributed by atoms with van der Waals surface area (Å²) in [6.45, 7) is 5.54. The monoisotopic (exact) mass is 398 g/mol. The molecule has 1 aromatic rings. The third-order valence-corrected chi connectivity index (χ3v) is 6.92. The highest BCUT2D eigenvalue weighted by molar-refractivity contribution is 6.07. The van der Waals surface area contributed by atoms with E-state index in [1.165, 1.54) is 23.3 Å². The van der Waals surface area contributed by atoms with Gasteiger partial charge >= 0.3 is 6.03 Å². The number of imide groups is 1. The highest BCUT2D eigenvalue weighted by Crippen LogP contribution is 2.35. The Hall–Kier alpha value is -1.92. The summed E-state index contributed by atoms with van der Waals surface area (Å²) in [6, 6.07) is 10.4. The van der Waals surface area contributed by atoms with Crippen molar-refractivity contribution in [1.29, 1.82) is 0 Å². The Balaban J connectivity index is 1.18. The predicted octanol–water partition coefficient (Wildman–Crippen LogP) is 2.70. The van der Waals surface area contributed by atoms with Crippen LogP contribution in [-0.2, 0) is 11.3 Å². The Morgan fingerprint density at radius 2 is 1.76 bits per heavy atom. The Bertz CT molecular complexity index is 709. The van der Waals surface area contributed by atoms with Crippen LogP contribution in [-0.4, -0.2) is 71.9 Å². The summed E-state index contributed by atoms with van der Waals surface area (Å²) in [4.78, 5) is 31.4. The van der Waals surface area contributed by atoms with Crippen LogP contribution in [0.15, 0.2) is 30.3 Å². The summed E-state index contributed by atoms with van der Waals surface area (Å²) in [5.41, 5.74) is 0.786. The van der Waals surface area contributed by atoms with Crippen LogP contribution in [0.4, 0.5) is 4.79 Å². The van der Waals surface area contributed by atoms with Crippen LogP contribution in [0.25, 0.3) is 0 Å². The van der Waals surface area contributed by atoms with Crippen molar-refractivity contribution >= 4 is 11.9 Å².